The highest BCUT2D eigenvalue weighted by molar-refractivity contribution is 5.97. The standard InChI is InChI=1S/C17H17FN4O2/c1-2-22-15-8-7-11(9-14(15)20-21-22)17(24)19-10-16(23)12-5-3-4-6-13(12)18/h3-9,16,23H,2,10H2,1H3,(H,19,24). The first-order valence-corrected chi connectivity index (χ1v) is 7.64. The summed E-state index contributed by atoms with van der Waals surface area (Å²) >= 11 is 0. The molecule has 0 saturated heterocycles. The molecule has 0 saturated carbocycles. The van der Waals surface area contributed by atoms with Crippen LogP contribution < -0.4 is 5.32 Å². The third-order valence-corrected chi connectivity index (χ3v) is 3.80. The topological polar surface area (TPSA) is 80.0 Å². The molecule has 2 N–H and O–H groups in total. The highest BCUT2D eigenvalue weighted by Crippen LogP contribution is 2.17. The van der Waals surface area contributed by atoms with E-state index in [1.807, 2.05) is 6.92 Å². The van der Waals surface area contributed by atoms with Crippen molar-refractivity contribution in [3.63, 3.8) is 0 Å². The lowest BCUT2D eigenvalue weighted by atomic mass is 10.1. The molecule has 0 spiro atoms. The van der Waals surface area contributed by atoms with Crippen LogP contribution in [-0.4, -0.2) is 32.6 Å². The van der Waals surface area contributed by atoms with Crippen molar-refractivity contribution in [2.75, 3.05) is 6.54 Å². The minimum Gasteiger partial charge on any atom is -0.386 e. The molecule has 1 amide bonds. The van der Waals surface area contributed by atoms with Gasteiger partial charge < -0.3 is 10.4 Å². The van der Waals surface area contributed by atoms with Gasteiger partial charge in [0.1, 0.15) is 11.3 Å². The van der Waals surface area contributed by atoms with Gasteiger partial charge in [-0.2, -0.15) is 0 Å². The van der Waals surface area contributed by atoms with Crippen LogP contribution in [0.3, 0.4) is 0 Å². The van der Waals surface area contributed by atoms with E-state index in [9.17, 15) is 14.3 Å². The predicted octanol–water partition coefficient (Wildman–Crippen LogP) is 2.05. The van der Waals surface area contributed by atoms with Crippen LogP contribution >= 0.6 is 0 Å². The van der Waals surface area contributed by atoms with E-state index in [4.69, 9.17) is 0 Å². The van der Waals surface area contributed by atoms with Gasteiger partial charge in [-0.15, -0.1) is 5.10 Å². The van der Waals surface area contributed by atoms with Crippen LogP contribution in [0.4, 0.5) is 4.39 Å². The third-order valence-electron chi connectivity index (χ3n) is 3.80. The monoisotopic (exact) mass is 328 g/mol. The van der Waals surface area contributed by atoms with E-state index in [2.05, 4.69) is 15.6 Å². The summed E-state index contributed by atoms with van der Waals surface area (Å²) in [7, 11) is 0. The fraction of sp³-hybridized carbons (Fsp3) is 0.235. The van der Waals surface area contributed by atoms with E-state index in [1.165, 1.54) is 12.1 Å². The summed E-state index contributed by atoms with van der Waals surface area (Å²) in [6, 6.07) is 11.0. The highest BCUT2D eigenvalue weighted by Gasteiger charge is 2.15. The lowest BCUT2D eigenvalue weighted by molar-refractivity contribution is 0.0914. The SMILES string of the molecule is CCn1nnc2cc(C(=O)NCC(O)c3ccccc3F)ccc21. The Morgan fingerprint density at radius 1 is 1.33 bits per heavy atom. The second kappa shape index (κ2) is 6.76. The average Bonchev–Trinajstić information content (AvgIpc) is 3.02. The van der Waals surface area contributed by atoms with Crippen molar-refractivity contribution in [3.8, 4) is 0 Å². The van der Waals surface area contributed by atoms with Crippen molar-refractivity contribution in [3.05, 3.63) is 59.4 Å². The van der Waals surface area contributed by atoms with Gasteiger partial charge in [0.15, 0.2) is 0 Å². The smallest absolute Gasteiger partial charge is 0.251 e. The summed E-state index contributed by atoms with van der Waals surface area (Å²) in [6.45, 7) is 2.56. The zero-order valence-electron chi connectivity index (χ0n) is 13.1. The largest absolute Gasteiger partial charge is 0.386 e. The van der Waals surface area contributed by atoms with Gasteiger partial charge in [0.05, 0.1) is 11.6 Å². The summed E-state index contributed by atoms with van der Waals surface area (Å²) in [4.78, 5) is 12.2. The number of fused-ring (bicyclic) bond motifs is 1. The van der Waals surface area contributed by atoms with Gasteiger partial charge in [0.2, 0.25) is 0 Å². The van der Waals surface area contributed by atoms with Crippen LogP contribution in [0.15, 0.2) is 42.5 Å². The average molecular weight is 328 g/mol. The zero-order chi connectivity index (χ0) is 17.1. The highest BCUT2D eigenvalue weighted by atomic mass is 19.1. The summed E-state index contributed by atoms with van der Waals surface area (Å²) in [5.74, 6) is -0.866. The molecule has 2 aromatic carbocycles. The Bertz CT molecular complexity index is 878. The van der Waals surface area contributed by atoms with E-state index in [-0.39, 0.29) is 18.0 Å². The zero-order valence-corrected chi connectivity index (χ0v) is 13.1. The fourth-order valence-electron chi connectivity index (χ4n) is 2.49. The lowest BCUT2D eigenvalue weighted by Gasteiger charge is -2.13. The molecule has 1 unspecified atom stereocenters. The number of benzene rings is 2. The maximum atomic E-state index is 13.6. The Morgan fingerprint density at radius 3 is 2.88 bits per heavy atom. The third kappa shape index (κ3) is 3.11. The molecule has 124 valence electrons. The number of rotatable bonds is 5. The van der Waals surface area contributed by atoms with Gasteiger partial charge >= 0.3 is 0 Å². The molecule has 1 atom stereocenters. The number of nitrogens with one attached hydrogen (secondary N) is 1. The van der Waals surface area contributed by atoms with Gasteiger partial charge in [-0.05, 0) is 31.2 Å². The molecule has 24 heavy (non-hydrogen) atoms. The van der Waals surface area contributed by atoms with Gasteiger partial charge in [-0.3, -0.25) is 4.79 Å². The number of halogens is 1. The van der Waals surface area contributed by atoms with Crippen molar-refractivity contribution in [1.29, 1.82) is 0 Å². The number of hydrogen-bond donors (Lipinski definition) is 2. The van der Waals surface area contributed by atoms with Crippen molar-refractivity contribution in [2.24, 2.45) is 0 Å². The van der Waals surface area contributed by atoms with Crippen LogP contribution in [0.1, 0.15) is 28.9 Å². The fourth-order valence-corrected chi connectivity index (χ4v) is 2.49. The molecular weight excluding hydrogens is 311 g/mol. The second-order valence-corrected chi connectivity index (χ2v) is 5.36. The maximum absolute atomic E-state index is 13.6. The summed E-state index contributed by atoms with van der Waals surface area (Å²) in [5.41, 5.74) is 2.03. The van der Waals surface area contributed by atoms with E-state index < -0.39 is 11.9 Å². The van der Waals surface area contributed by atoms with Crippen molar-refractivity contribution in [2.45, 2.75) is 19.6 Å². The number of aromatic nitrogens is 3. The minimum atomic E-state index is -1.11. The summed E-state index contributed by atoms with van der Waals surface area (Å²) < 4.78 is 15.3. The first-order valence-electron chi connectivity index (χ1n) is 7.64. The minimum absolute atomic E-state index is 0.0839. The number of carbonyl (C=O) groups is 1. The van der Waals surface area contributed by atoms with E-state index >= 15 is 0 Å². The molecular formula is C17H17FN4O2. The van der Waals surface area contributed by atoms with E-state index in [0.29, 0.717) is 17.6 Å². The quantitative estimate of drug-likeness (QED) is 0.751. The Kier molecular flexibility index (Phi) is 4.52. The van der Waals surface area contributed by atoms with Gasteiger partial charge in [0, 0.05) is 24.2 Å². The van der Waals surface area contributed by atoms with Crippen molar-refractivity contribution < 1.29 is 14.3 Å². The normalized spacial score (nSPS) is 12.3. The van der Waals surface area contributed by atoms with Crippen LogP contribution in [-0.2, 0) is 6.54 Å². The van der Waals surface area contributed by atoms with Crippen LogP contribution in [0, 0.1) is 5.82 Å². The molecule has 3 aromatic rings. The Balaban J connectivity index is 1.70. The van der Waals surface area contributed by atoms with Gasteiger partial charge in [0.25, 0.3) is 5.91 Å². The molecule has 0 bridgehead atoms. The number of carbonyl (C=O) groups excluding carboxylic acids is 1. The maximum Gasteiger partial charge on any atom is 0.251 e. The lowest BCUT2D eigenvalue weighted by Crippen LogP contribution is -2.28. The van der Waals surface area contributed by atoms with E-state index in [0.717, 1.165) is 5.52 Å². The Hall–Kier alpha value is -2.80. The first kappa shape index (κ1) is 16.1. The number of aryl methyl sites for hydroxylation is 1. The molecule has 6 nitrogen and oxygen atoms in total. The number of amides is 1. The molecule has 0 aliphatic carbocycles. The van der Waals surface area contributed by atoms with Gasteiger partial charge in [-0.25, -0.2) is 9.07 Å². The van der Waals surface area contributed by atoms with Crippen LogP contribution in [0.2, 0.25) is 0 Å². The second-order valence-electron chi connectivity index (χ2n) is 5.36. The predicted molar refractivity (Wildman–Crippen MR) is 86.9 cm³/mol. The number of aliphatic hydroxyl groups excluding tert-OH is 1. The molecule has 0 aliphatic rings. The number of nitrogens with zero attached hydrogens (tertiary/aromatic N) is 3. The molecule has 0 aliphatic heterocycles. The molecule has 7 heteroatoms. The Labute approximate surface area is 137 Å². The van der Waals surface area contributed by atoms with Crippen molar-refractivity contribution >= 4 is 16.9 Å². The molecule has 1 heterocycles. The summed E-state index contributed by atoms with van der Waals surface area (Å²) in [6.07, 6.45) is -1.11. The van der Waals surface area contributed by atoms with Crippen LogP contribution in [0.25, 0.3) is 11.0 Å². The Morgan fingerprint density at radius 2 is 2.12 bits per heavy atom. The molecule has 0 fully saturated rings. The van der Waals surface area contributed by atoms with Crippen LogP contribution in [0.5, 0.6) is 0 Å². The number of hydrogen-bond acceptors (Lipinski definition) is 4. The molecule has 1 aromatic heterocycles. The summed E-state index contributed by atoms with van der Waals surface area (Å²) in [5, 5.41) is 20.6. The van der Waals surface area contributed by atoms with Gasteiger partial charge in [-0.1, -0.05) is 23.4 Å². The number of aliphatic hydroxyl groups is 1. The molecule has 3 rings (SSSR count). The van der Waals surface area contributed by atoms with Crippen molar-refractivity contribution in [1.82, 2.24) is 20.3 Å². The molecule has 0 radical (unpaired) electrons. The van der Waals surface area contributed by atoms with E-state index in [1.54, 1.807) is 35.0 Å². The first-order chi connectivity index (χ1) is 11.6.